The molecule has 62 heavy (non-hydrogen) atoms. The van der Waals surface area contributed by atoms with Crippen molar-refractivity contribution < 1.29 is 53.4 Å². The molecule has 4 aromatic rings. The number of aromatic carboxylic acids is 1. The van der Waals surface area contributed by atoms with E-state index in [0.717, 1.165) is 108 Å². The standard InChI is InChI=1S/C24H28ClN3O3.C22H24ClN3O3.Li.H2O/c1-3-31-24(30)23-22-18-11-16(18)12-20(22)28(26-23)13-21(29)27-9-7-15(8-10-27)17-5-4-6-19(25)14(17)2;1-12-15(3-2-4-17(12)23)13-5-7-25(8-6-13)19(27)11-26-18-10-14-9-16(14)20(18)21(24-26)22(28)29;;/h4-6,15-16,18H,3,7-13H2,1-2H3;2-4,13-14,16H,5-11H2,1H3,(H,28,29);;1H2/q;;+1;/p-1/t16-,18-;14-,16-;;/m11../s1. The van der Waals surface area contributed by atoms with Gasteiger partial charge in [-0.3, -0.25) is 19.0 Å². The Hall–Kier alpha value is -4.12. The first kappa shape index (κ1) is 45.9. The molecule has 4 atom stereocenters. The molecule has 4 fully saturated rings. The fourth-order valence-corrected chi connectivity index (χ4v) is 11.0. The van der Waals surface area contributed by atoms with Crippen molar-refractivity contribution in [1.29, 1.82) is 0 Å². The number of hydrogen-bond acceptors (Lipinski definition) is 8. The van der Waals surface area contributed by atoms with Crippen LogP contribution in [0.1, 0.15) is 135 Å². The van der Waals surface area contributed by atoms with Gasteiger partial charge < -0.3 is 25.1 Å². The molecule has 2 saturated heterocycles. The summed E-state index contributed by atoms with van der Waals surface area (Å²) in [6.07, 6.45) is 7.63. The molecule has 2 saturated carbocycles. The normalized spacial score (nSPS) is 21.9. The van der Waals surface area contributed by atoms with E-state index in [-0.39, 0.29) is 60.9 Å². The number of carboxylic acid groups (broad SMARTS) is 1. The van der Waals surface area contributed by atoms with Crippen LogP contribution in [0.2, 0.25) is 10.0 Å². The van der Waals surface area contributed by atoms with E-state index in [2.05, 4.69) is 36.2 Å². The molecule has 0 unspecified atom stereocenters. The van der Waals surface area contributed by atoms with Crippen molar-refractivity contribution in [1.82, 2.24) is 29.4 Å². The van der Waals surface area contributed by atoms with Gasteiger partial charge in [0.2, 0.25) is 11.8 Å². The number of amides is 2. The van der Waals surface area contributed by atoms with Crippen LogP contribution in [-0.4, -0.2) is 96.5 Å². The van der Waals surface area contributed by atoms with Crippen molar-refractivity contribution in [3.8, 4) is 0 Å². The van der Waals surface area contributed by atoms with Crippen LogP contribution in [0.4, 0.5) is 0 Å². The zero-order chi connectivity index (χ0) is 42.0. The Kier molecular flexibility index (Phi) is 13.7. The molecule has 16 heteroatoms. The van der Waals surface area contributed by atoms with Crippen LogP contribution in [0.3, 0.4) is 0 Å². The number of piperidine rings is 2. The average molecular weight is 880 g/mol. The number of hydrogen-bond donors (Lipinski definition) is 1. The average Bonchev–Trinajstić information content (AvgIpc) is 3.99. The van der Waals surface area contributed by atoms with E-state index in [1.165, 1.54) is 11.1 Å². The van der Waals surface area contributed by atoms with Crippen LogP contribution < -0.4 is 18.9 Å². The number of carbonyl (C=O) groups excluding carboxylic acids is 3. The predicted octanol–water partition coefficient (Wildman–Crippen LogP) is 4.52. The number of aromatic nitrogens is 4. The summed E-state index contributed by atoms with van der Waals surface area (Å²) < 4.78 is 8.63. The Labute approximate surface area is 383 Å². The Morgan fingerprint density at radius 1 is 0.710 bits per heavy atom. The van der Waals surface area contributed by atoms with Gasteiger partial charge in [-0.15, -0.1) is 0 Å². The smallest absolute Gasteiger partial charge is 0.870 e. The van der Waals surface area contributed by atoms with E-state index in [1.807, 2.05) is 34.1 Å². The number of likely N-dealkylation sites (tertiary alicyclic amines) is 2. The number of benzene rings is 2. The van der Waals surface area contributed by atoms with Gasteiger partial charge in [-0.2, -0.15) is 10.2 Å². The Morgan fingerprint density at radius 2 is 1.13 bits per heavy atom. The summed E-state index contributed by atoms with van der Waals surface area (Å²) in [5, 5.41) is 19.9. The minimum Gasteiger partial charge on any atom is -0.870 e. The molecule has 2 aromatic carbocycles. The summed E-state index contributed by atoms with van der Waals surface area (Å²) in [7, 11) is 0. The largest absolute Gasteiger partial charge is 1.00 e. The molecule has 4 heterocycles. The third-order valence-corrected chi connectivity index (χ3v) is 14.9. The number of ether oxygens (including phenoxy) is 1. The molecular weight excluding hydrogens is 826 g/mol. The molecule has 10 rings (SSSR count). The van der Waals surface area contributed by atoms with Gasteiger partial charge in [0.05, 0.1) is 6.61 Å². The maximum absolute atomic E-state index is 13.1. The minimum absolute atomic E-state index is 0. The van der Waals surface area contributed by atoms with Crippen LogP contribution in [0, 0.1) is 25.7 Å². The molecule has 2 amide bonds. The van der Waals surface area contributed by atoms with Crippen LogP contribution in [-0.2, 0) is 40.3 Å². The van der Waals surface area contributed by atoms with Crippen molar-refractivity contribution in [3.05, 3.63) is 103 Å². The number of carboxylic acids is 1. The summed E-state index contributed by atoms with van der Waals surface area (Å²) in [4.78, 5) is 53.7. The van der Waals surface area contributed by atoms with E-state index in [9.17, 15) is 24.3 Å². The SMILES string of the molecule is CCOC(=O)c1nn(CC(=O)N2CCC(c3cccc(Cl)c3C)CC2)c2c1[C@@H]1C[C@@H]1C2.Cc1c(Cl)cccc1C1CCN(C(=O)Cn2nc(C(=O)O)c3c2C[C@H]2C[C@@H]32)CC1.[Li+].[OH-]. The molecule has 2 aliphatic heterocycles. The van der Waals surface area contributed by atoms with Crippen molar-refractivity contribution >= 4 is 47.0 Å². The molecule has 2 aromatic heterocycles. The van der Waals surface area contributed by atoms with E-state index in [1.54, 1.807) is 16.3 Å². The Balaban J connectivity index is 0.000000181. The van der Waals surface area contributed by atoms with Crippen molar-refractivity contribution in [2.45, 2.75) is 109 Å². The molecule has 13 nitrogen and oxygen atoms in total. The zero-order valence-electron chi connectivity index (χ0n) is 35.9. The van der Waals surface area contributed by atoms with E-state index >= 15 is 0 Å². The van der Waals surface area contributed by atoms with Crippen LogP contribution in [0.25, 0.3) is 0 Å². The van der Waals surface area contributed by atoms with Gasteiger partial charge in [0.1, 0.15) is 13.1 Å². The van der Waals surface area contributed by atoms with E-state index < -0.39 is 5.97 Å². The quantitative estimate of drug-likeness (QED) is 0.188. The number of rotatable bonds is 9. The summed E-state index contributed by atoms with van der Waals surface area (Å²) in [5.74, 6) is 1.52. The Morgan fingerprint density at radius 3 is 1.55 bits per heavy atom. The van der Waals surface area contributed by atoms with Gasteiger partial charge in [0, 0.05) is 58.7 Å². The second-order valence-electron chi connectivity index (χ2n) is 17.6. The van der Waals surface area contributed by atoms with Gasteiger partial charge in [-0.05, 0) is 142 Å². The first-order valence-electron chi connectivity index (χ1n) is 21.6. The second kappa shape index (κ2) is 18.5. The molecule has 4 aliphatic carbocycles. The van der Waals surface area contributed by atoms with Crippen LogP contribution >= 0.6 is 23.2 Å². The molecule has 0 spiro atoms. The van der Waals surface area contributed by atoms with Crippen molar-refractivity contribution in [2.75, 3.05) is 32.8 Å². The molecule has 0 bridgehead atoms. The van der Waals surface area contributed by atoms with Gasteiger partial charge in [0.25, 0.3) is 0 Å². The second-order valence-corrected chi connectivity index (χ2v) is 18.4. The zero-order valence-corrected chi connectivity index (χ0v) is 37.4. The number of halogens is 2. The molecule has 324 valence electrons. The fraction of sp³-hybridized carbons (Fsp3) is 0.522. The van der Waals surface area contributed by atoms with E-state index in [4.69, 9.17) is 27.9 Å². The maximum atomic E-state index is 13.1. The first-order valence-corrected chi connectivity index (χ1v) is 22.3. The molecule has 2 N–H and O–H groups in total. The first-order chi connectivity index (χ1) is 28.9. The fourth-order valence-electron chi connectivity index (χ4n) is 10.6. The molecule has 6 aliphatic rings. The van der Waals surface area contributed by atoms with Gasteiger partial charge in [-0.25, -0.2) is 9.59 Å². The van der Waals surface area contributed by atoms with Gasteiger partial charge >= 0.3 is 30.8 Å². The topological polar surface area (TPSA) is 170 Å². The van der Waals surface area contributed by atoms with E-state index in [0.29, 0.717) is 60.9 Å². The van der Waals surface area contributed by atoms with Crippen LogP contribution in [0.15, 0.2) is 36.4 Å². The van der Waals surface area contributed by atoms with Crippen molar-refractivity contribution in [3.63, 3.8) is 0 Å². The van der Waals surface area contributed by atoms with Crippen molar-refractivity contribution in [2.24, 2.45) is 11.8 Å². The predicted molar refractivity (Wildman–Crippen MR) is 228 cm³/mol. The monoisotopic (exact) mass is 878 g/mol. The number of fused-ring (bicyclic) bond motifs is 6. The summed E-state index contributed by atoms with van der Waals surface area (Å²) >= 11 is 12.6. The maximum Gasteiger partial charge on any atom is 1.00 e. The van der Waals surface area contributed by atoms with Gasteiger partial charge in [-0.1, -0.05) is 47.5 Å². The van der Waals surface area contributed by atoms with Gasteiger partial charge in [0.15, 0.2) is 11.4 Å². The summed E-state index contributed by atoms with van der Waals surface area (Å²) in [5.41, 5.74) is 9.35. The third-order valence-electron chi connectivity index (χ3n) is 14.1. The van der Waals surface area contributed by atoms with Crippen LogP contribution in [0.5, 0.6) is 0 Å². The third kappa shape index (κ3) is 8.72. The number of esters is 1. The Bertz CT molecular complexity index is 2380. The molecular formula is C46H53Cl2LiN6O7. The minimum atomic E-state index is -0.988. The molecule has 0 radical (unpaired) electrons. The summed E-state index contributed by atoms with van der Waals surface area (Å²) in [6.45, 7) is 9.45. The number of carbonyl (C=O) groups is 4. The summed E-state index contributed by atoms with van der Waals surface area (Å²) in [6, 6.07) is 12.1. The number of nitrogens with zero attached hydrogens (tertiary/aromatic N) is 6.